The van der Waals surface area contributed by atoms with Crippen molar-refractivity contribution in [1.82, 2.24) is 14.9 Å². The Bertz CT molecular complexity index is 911. The van der Waals surface area contributed by atoms with Crippen LogP contribution in [0.4, 0.5) is 0 Å². The molecule has 1 unspecified atom stereocenters. The first-order valence-electron chi connectivity index (χ1n) is 9.46. The summed E-state index contributed by atoms with van der Waals surface area (Å²) in [6.07, 6.45) is 5.91. The van der Waals surface area contributed by atoms with Gasteiger partial charge in [0.05, 0.1) is 35.9 Å². The summed E-state index contributed by atoms with van der Waals surface area (Å²) in [4.78, 5) is 21.7. The highest BCUT2D eigenvalue weighted by molar-refractivity contribution is 5.73. The molecule has 1 atom stereocenters. The smallest absolute Gasteiger partial charge is 0.220 e. The van der Waals surface area contributed by atoms with Crippen LogP contribution in [0.3, 0.4) is 0 Å². The number of aryl methyl sites for hydroxylation is 1. The van der Waals surface area contributed by atoms with E-state index in [-0.39, 0.29) is 11.9 Å². The van der Waals surface area contributed by atoms with E-state index in [1.807, 2.05) is 47.4 Å². The molecule has 3 rings (SSSR count). The molecule has 5 heteroatoms. The molecule has 0 saturated carbocycles. The van der Waals surface area contributed by atoms with Crippen LogP contribution >= 0.6 is 0 Å². The molecule has 142 valence electrons. The molecule has 1 aromatic heterocycles. The lowest BCUT2D eigenvalue weighted by Crippen LogP contribution is -2.35. The minimum Gasteiger partial charge on any atom is -0.347 e. The molecule has 28 heavy (non-hydrogen) atoms. The highest BCUT2D eigenvalue weighted by Gasteiger charge is 2.24. The number of nitrogens with one attached hydrogen (secondary N) is 1. The molecule has 5 nitrogen and oxygen atoms in total. The van der Waals surface area contributed by atoms with Crippen LogP contribution in [0.25, 0.3) is 0 Å². The number of carbonyl (C=O) groups is 1. The van der Waals surface area contributed by atoms with E-state index in [1.54, 1.807) is 19.4 Å². The molecule has 3 aromatic rings. The molecule has 0 radical (unpaired) electrons. The number of benzene rings is 2. The van der Waals surface area contributed by atoms with Crippen LogP contribution in [0.15, 0.2) is 67.1 Å². The Kier molecular flexibility index (Phi) is 6.59. The molecule has 0 aliphatic carbocycles. The van der Waals surface area contributed by atoms with E-state index in [4.69, 9.17) is 5.26 Å². The average molecular weight is 372 g/mol. The number of H-pyrrole nitrogens is 1. The van der Waals surface area contributed by atoms with Crippen LogP contribution in [-0.2, 0) is 17.6 Å². The Morgan fingerprint density at radius 3 is 2.50 bits per heavy atom. The van der Waals surface area contributed by atoms with E-state index in [1.165, 1.54) is 5.56 Å². The van der Waals surface area contributed by atoms with Gasteiger partial charge in [-0.3, -0.25) is 4.79 Å². The fourth-order valence-corrected chi connectivity index (χ4v) is 3.41. The Morgan fingerprint density at radius 2 is 1.89 bits per heavy atom. The maximum absolute atomic E-state index is 12.5. The third-order valence-electron chi connectivity index (χ3n) is 4.88. The van der Waals surface area contributed by atoms with Gasteiger partial charge >= 0.3 is 0 Å². The zero-order valence-electron chi connectivity index (χ0n) is 16.0. The lowest BCUT2D eigenvalue weighted by atomic mass is 10.00. The van der Waals surface area contributed by atoms with Crippen molar-refractivity contribution >= 4 is 5.91 Å². The lowest BCUT2D eigenvalue weighted by Gasteiger charge is -2.30. The minimum atomic E-state index is -0.122. The lowest BCUT2D eigenvalue weighted by molar-refractivity contribution is -0.131. The van der Waals surface area contributed by atoms with E-state index in [9.17, 15) is 4.79 Å². The van der Waals surface area contributed by atoms with E-state index >= 15 is 0 Å². The van der Waals surface area contributed by atoms with E-state index in [0.717, 1.165) is 24.1 Å². The number of imidazole rings is 1. The summed E-state index contributed by atoms with van der Waals surface area (Å²) in [6, 6.07) is 19.9. The molecular weight excluding hydrogens is 348 g/mol. The third-order valence-corrected chi connectivity index (χ3v) is 4.88. The molecule has 1 heterocycles. The van der Waals surface area contributed by atoms with Crippen molar-refractivity contribution in [3.8, 4) is 6.07 Å². The SMILES string of the molecule is CC(=O)N(CCCc1ccccc1)C(Cc1ccc(C#N)cc1)c1cnc[nH]1. The summed E-state index contributed by atoms with van der Waals surface area (Å²) in [7, 11) is 0. The van der Waals surface area contributed by atoms with Crippen LogP contribution < -0.4 is 0 Å². The largest absolute Gasteiger partial charge is 0.347 e. The standard InChI is InChI=1S/C23H24N4O/c1-18(28)27(13-5-8-19-6-3-2-4-7-19)23(22-16-25-17-26-22)14-20-9-11-21(15-24)12-10-20/h2-4,6-7,9-12,16-17,23H,5,8,13-14H2,1H3,(H,25,26). The molecule has 0 bridgehead atoms. The Hall–Kier alpha value is -3.39. The number of nitriles is 1. The molecule has 0 aliphatic rings. The van der Waals surface area contributed by atoms with Gasteiger partial charge in [-0.25, -0.2) is 4.98 Å². The summed E-state index contributed by atoms with van der Waals surface area (Å²) in [6.45, 7) is 2.29. The normalized spacial score (nSPS) is 11.6. The second kappa shape index (κ2) is 9.52. The summed E-state index contributed by atoms with van der Waals surface area (Å²) in [5.74, 6) is 0.0429. The molecule has 0 aliphatic heterocycles. The van der Waals surface area contributed by atoms with Gasteiger partial charge in [0, 0.05) is 13.5 Å². The first-order chi connectivity index (χ1) is 13.7. The first kappa shape index (κ1) is 19.4. The molecule has 0 spiro atoms. The van der Waals surface area contributed by atoms with Crippen molar-refractivity contribution < 1.29 is 4.79 Å². The van der Waals surface area contributed by atoms with Crippen molar-refractivity contribution in [3.63, 3.8) is 0 Å². The van der Waals surface area contributed by atoms with Gasteiger partial charge in [-0.2, -0.15) is 5.26 Å². The molecule has 0 fully saturated rings. The minimum absolute atomic E-state index is 0.0429. The fourth-order valence-electron chi connectivity index (χ4n) is 3.41. The zero-order chi connectivity index (χ0) is 19.8. The van der Waals surface area contributed by atoms with Crippen LogP contribution in [0.5, 0.6) is 0 Å². The van der Waals surface area contributed by atoms with Gasteiger partial charge in [0.1, 0.15) is 0 Å². The highest BCUT2D eigenvalue weighted by Crippen LogP contribution is 2.24. The molecule has 0 saturated heterocycles. The zero-order valence-corrected chi connectivity index (χ0v) is 16.0. The van der Waals surface area contributed by atoms with Crippen LogP contribution in [0.1, 0.15) is 41.8 Å². The van der Waals surface area contributed by atoms with Gasteiger partial charge in [-0.15, -0.1) is 0 Å². The summed E-state index contributed by atoms with van der Waals surface area (Å²) >= 11 is 0. The predicted molar refractivity (Wildman–Crippen MR) is 108 cm³/mol. The first-order valence-corrected chi connectivity index (χ1v) is 9.46. The maximum Gasteiger partial charge on any atom is 0.220 e. The van der Waals surface area contributed by atoms with Gasteiger partial charge in [0.25, 0.3) is 0 Å². The van der Waals surface area contributed by atoms with E-state index in [2.05, 4.69) is 28.2 Å². The topological polar surface area (TPSA) is 72.8 Å². The monoisotopic (exact) mass is 372 g/mol. The van der Waals surface area contributed by atoms with Crippen LogP contribution in [-0.4, -0.2) is 27.3 Å². The number of hydrogen-bond donors (Lipinski definition) is 1. The van der Waals surface area contributed by atoms with Gasteiger partial charge in [-0.05, 0) is 42.5 Å². The Balaban J connectivity index is 1.75. The average Bonchev–Trinajstić information content (AvgIpc) is 3.25. The maximum atomic E-state index is 12.5. The number of aromatic nitrogens is 2. The number of amides is 1. The third kappa shape index (κ3) is 5.08. The number of rotatable bonds is 8. The Morgan fingerprint density at radius 1 is 1.14 bits per heavy atom. The highest BCUT2D eigenvalue weighted by atomic mass is 16.2. The van der Waals surface area contributed by atoms with Crippen molar-refractivity contribution in [2.45, 2.75) is 32.2 Å². The van der Waals surface area contributed by atoms with Crippen molar-refractivity contribution in [3.05, 3.63) is 89.5 Å². The quantitative estimate of drug-likeness (QED) is 0.648. The van der Waals surface area contributed by atoms with Crippen LogP contribution in [0, 0.1) is 11.3 Å². The fraction of sp³-hybridized carbons (Fsp3) is 0.261. The summed E-state index contributed by atoms with van der Waals surface area (Å²) in [5.41, 5.74) is 3.90. The molecule has 1 N–H and O–H groups in total. The van der Waals surface area contributed by atoms with E-state index < -0.39 is 0 Å². The number of aromatic amines is 1. The van der Waals surface area contributed by atoms with Crippen molar-refractivity contribution in [2.24, 2.45) is 0 Å². The van der Waals surface area contributed by atoms with Crippen molar-refractivity contribution in [2.75, 3.05) is 6.54 Å². The second-order valence-corrected chi connectivity index (χ2v) is 6.84. The van der Waals surface area contributed by atoms with Gasteiger partial charge in [-0.1, -0.05) is 42.5 Å². The van der Waals surface area contributed by atoms with Gasteiger partial charge < -0.3 is 9.88 Å². The number of nitrogens with zero attached hydrogens (tertiary/aromatic N) is 3. The Labute approximate surface area is 165 Å². The number of hydrogen-bond acceptors (Lipinski definition) is 3. The second-order valence-electron chi connectivity index (χ2n) is 6.84. The van der Waals surface area contributed by atoms with Gasteiger partial charge in [0.2, 0.25) is 5.91 Å². The van der Waals surface area contributed by atoms with Gasteiger partial charge in [0.15, 0.2) is 0 Å². The summed E-state index contributed by atoms with van der Waals surface area (Å²) < 4.78 is 0. The molecule has 2 aromatic carbocycles. The summed E-state index contributed by atoms with van der Waals surface area (Å²) in [5, 5.41) is 9.00. The number of carbonyl (C=O) groups excluding carboxylic acids is 1. The predicted octanol–water partition coefficient (Wildman–Crippen LogP) is 4.05. The molecular formula is C23H24N4O. The molecule has 1 amide bonds. The van der Waals surface area contributed by atoms with Crippen molar-refractivity contribution in [1.29, 1.82) is 5.26 Å². The van der Waals surface area contributed by atoms with E-state index in [0.29, 0.717) is 18.5 Å². The van der Waals surface area contributed by atoms with Crippen LogP contribution in [0.2, 0.25) is 0 Å².